The zero-order chi connectivity index (χ0) is 20.0. The van der Waals surface area contributed by atoms with Crippen LogP contribution in [0.5, 0.6) is 5.75 Å². The molecule has 5 rings (SSSR count). The summed E-state index contributed by atoms with van der Waals surface area (Å²) < 4.78 is 11.8. The van der Waals surface area contributed by atoms with E-state index in [4.69, 9.17) is 9.15 Å². The molecule has 29 heavy (non-hydrogen) atoms. The number of aryl methyl sites for hydroxylation is 1. The largest absolute Gasteiger partial charge is 0.489 e. The summed E-state index contributed by atoms with van der Waals surface area (Å²) in [6.07, 6.45) is 0.497. The van der Waals surface area contributed by atoms with Crippen molar-refractivity contribution in [1.82, 2.24) is 10.2 Å². The minimum Gasteiger partial charge on any atom is -0.489 e. The molecule has 6 nitrogen and oxygen atoms in total. The van der Waals surface area contributed by atoms with Crippen molar-refractivity contribution in [2.45, 2.75) is 26.0 Å². The first kappa shape index (κ1) is 17.8. The minimum absolute atomic E-state index is 0.0508. The van der Waals surface area contributed by atoms with E-state index in [9.17, 15) is 9.59 Å². The van der Waals surface area contributed by atoms with Gasteiger partial charge >= 0.3 is 0 Å². The Kier molecular flexibility index (Phi) is 4.27. The predicted octanol–water partition coefficient (Wildman–Crippen LogP) is 3.28. The van der Waals surface area contributed by atoms with Crippen molar-refractivity contribution >= 4 is 22.8 Å². The van der Waals surface area contributed by atoms with E-state index >= 15 is 0 Å². The monoisotopic (exact) mass is 390 g/mol. The lowest BCUT2D eigenvalue weighted by Crippen LogP contribution is -2.35. The molecule has 0 bridgehead atoms. The molecule has 0 spiro atoms. The van der Waals surface area contributed by atoms with Crippen molar-refractivity contribution in [3.05, 3.63) is 65.4 Å². The van der Waals surface area contributed by atoms with Crippen LogP contribution in [0.25, 0.3) is 11.0 Å². The first-order valence-electron chi connectivity index (χ1n) is 9.87. The van der Waals surface area contributed by atoms with Gasteiger partial charge in [-0.3, -0.25) is 9.59 Å². The van der Waals surface area contributed by atoms with E-state index in [1.165, 1.54) is 0 Å². The Morgan fingerprint density at radius 1 is 1.21 bits per heavy atom. The second kappa shape index (κ2) is 6.95. The van der Waals surface area contributed by atoms with Crippen LogP contribution in [0.3, 0.4) is 0 Å². The lowest BCUT2D eigenvalue weighted by molar-refractivity contribution is -0.119. The van der Waals surface area contributed by atoms with Crippen LogP contribution in [0.4, 0.5) is 0 Å². The fourth-order valence-corrected chi connectivity index (χ4v) is 4.36. The molecular formula is C23H22N2O4. The molecule has 2 saturated heterocycles. The number of ether oxygens (including phenoxy) is 1. The summed E-state index contributed by atoms with van der Waals surface area (Å²) in [5.74, 6) is 1.53. The maximum atomic E-state index is 13.3. The normalized spacial score (nSPS) is 20.7. The highest BCUT2D eigenvalue weighted by molar-refractivity contribution is 6.07. The Balaban J connectivity index is 1.39. The van der Waals surface area contributed by atoms with Gasteiger partial charge in [-0.05, 0) is 30.7 Å². The summed E-state index contributed by atoms with van der Waals surface area (Å²) in [5.41, 5.74) is 2.33. The first-order valence-corrected chi connectivity index (χ1v) is 9.87. The summed E-state index contributed by atoms with van der Waals surface area (Å²) in [5, 5.41) is 3.73. The van der Waals surface area contributed by atoms with Gasteiger partial charge < -0.3 is 19.4 Å². The third kappa shape index (κ3) is 3.24. The molecule has 2 amide bonds. The summed E-state index contributed by atoms with van der Waals surface area (Å²) >= 11 is 0. The molecular weight excluding hydrogens is 368 g/mol. The van der Waals surface area contributed by atoms with Crippen molar-refractivity contribution in [2.24, 2.45) is 5.92 Å². The van der Waals surface area contributed by atoms with Crippen molar-refractivity contribution < 1.29 is 18.7 Å². The van der Waals surface area contributed by atoms with Gasteiger partial charge in [-0.2, -0.15) is 0 Å². The summed E-state index contributed by atoms with van der Waals surface area (Å²) in [4.78, 5) is 26.6. The van der Waals surface area contributed by atoms with Gasteiger partial charge in [0.25, 0.3) is 5.91 Å². The second-order valence-corrected chi connectivity index (χ2v) is 7.81. The predicted molar refractivity (Wildman–Crippen MR) is 108 cm³/mol. The molecule has 0 unspecified atom stereocenters. The number of nitrogens with zero attached hydrogens (tertiary/aromatic N) is 1. The zero-order valence-electron chi connectivity index (χ0n) is 16.2. The standard InChI is InChI=1S/C23H22N2O4/c1-14-22(23(27)25-11-16-9-21(26)24-19(16)12-25)18-10-17(7-8-20(18)29-14)28-13-15-5-3-2-4-6-15/h2-8,10,16,19H,9,11-13H2,1H3,(H,24,26)/t16-,19+/m0/s1. The van der Waals surface area contributed by atoms with Gasteiger partial charge in [-0.15, -0.1) is 0 Å². The van der Waals surface area contributed by atoms with Gasteiger partial charge in [-0.1, -0.05) is 30.3 Å². The highest BCUT2D eigenvalue weighted by atomic mass is 16.5. The highest BCUT2D eigenvalue weighted by Crippen LogP contribution is 2.33. The molecule has 1 aromatic heterocycles. The van der Waals surface area contributed by atoms with Gasteiger partial charge in [0.1, 0.15) is 23.7 Å². The number of benzene rings is 2. The van der Waals surface area contributed by atoms with Crippen molar-refractivity contribution in [3.8, 4) is 5.75 Å². The number of furan rings is 1. The van der Waals surface area contributed by atoms with E-state index in [2.05, 4.69) is 5.32 Å². The van der Waals surface area contributed by atoms with Gasteiger partial charge in [0.15, 0.2) is 0 Å². The van der Waals surface area contributed by atoms with Gasteiger partial charge in [-0.25, -0.2) is 0 Å². The maximum absolute atomic E-state index is 13.3. The van der Waals surface area contributed by atoms with E-state index < -0.39 is 0 Å². The maximum Gasteiger partial charge on any atom is 0.258 e. The minimum atomic E-state index is -0.0508. The number of amides is 2. The number of likely N-dealkylation sites (tertiary alicyclic amines) is 1. The second-order valence-electron chi connectivity index (χ2n) is 7.81. The molecule has 3 heterocycles. The van der Waals surface area contributed by atoms with E-state index in [0.29, 0.717) is 48.8 Å². The summed E-state index contributed by atoms with van der Waals surface area (Å²) in [6, 6.07) is 15.6. The quantitative estimate of drug-likeness (QED) is 0.742. The molecule has 2 aliphatic rings. The molecule has 0 saturated carbocycles. The molecule has 148 valence electrons. The number of hydrogen-bond donors (Lipinski definition) is 1. The number of fused-ring (bicyclic) bond motifs is 2. The van der Waals surface area contributed by atoms with E-state index in [1.807, 2.05) is 60.4 Å². The Labute approximate surface area is 168 Å². The number of carbonyl (C=O) groups excluding carboxylic acids is 2. The van der Waals surface area contributed by atoms with Gasteiger partial charge in [0.05, 0.1) is 11.6 Å². The third-order valence-electron chi connectivity index (χ3n) is 5.82. The molecule has 6 heteroatoms. The topological polar surface area (TPSA) is 71.8 Å². The molecule has 0 aliphatic carbocycles. The Morgan fingerprint density at radius 3 is 2.83 bits per heavy atom. The van der Waals surface area contributed by atoms with E-state index in [1.54, 1.807) is 0 Å². The fourth-order valence-electron chi connectivity index (χ4n) is 4.36. The van der Waals surface area contributed by atoms with Gasteiger partial charge in [0, 0.05) is 30.8 Å². The Bertz CT molecular complexity index is 1070. The molecule has 0 radical (unpaired) electrons. The number of carbonyl (C=O) groups is 2. The van der Waals surface area contributed by atoms with Crippen LogP contribution in [-0.4, -0.2) is 35.8 Å². The van der Waals surface area contributed by atoms with Crippen molar-refractivity contribution in [3.63, 3.8) is 0 Å². The van der Waals surface area contributed by atoms with E-state index in [0.717, 1.165) is 10.9 Å². The Hall–Kier alpha value is -3.28. The average molecular weight is 390 g/mol. The molecule has 1 N–H and O–H groups in total. The molecule has 2 fully saturated rings. The number of rotatable bonds is 4. The summed E-state index contributed by atoms with van der Waals surface area (Å²) in [6.45, 7) is 3.42. The highest BCUT2D eigenvalue weighted by Gasteiger charge is 2.42. The van der Waals surface area contributed by atoms with Crippen LogP contribution in [0.1, 0.15) is 28.1 Å². The van der Waals surface area contributed by atoms with Crippen LogP contribution in [-0.2, 0) is 11.4 Å². The van der Waals surface area contributed by atoms with E-state index in [-0.39, 0.29) is 23.8 Å². The number of nitrogens with one attached hydrogen (secondary N) is 1. The average Bonchev–Trinajstić information content (AvgIpc) is 3.36. The zero-order valence-corrected chi connectivity index (χ0v) is 16.2. The summed E-state index contributed by atoms with van der Waals surface area (Å²) in [7, 11) is 0. The molecule has 2 atom stereocenters. The molecule has 3 aromatic rings. The molecule has 2 aromatic carbocycles. The van der Waals surface area contributed by atoms with Crippen molar-refractivity contribution in [2.75, 3.05) is 13.1 Å². The lowest BCUT2D eigenvalue weighted by atomic mass is 10.1. The van der Waals surface area contributed by atoms with Crippen LogP contribution in [0.2, 0.25) is 0 Å². The first-order chi connectivity index (χ1) is 14.1. The third-order valence-corrected chi connectivity index (χ3v) is 5.82. The smallest absolute Gasteiger partial charge is 0.258 e. The fraction of sp³-hybridized carbons (Fsp3) is 0.304. The van der Waals surface area contributed by atoms with Crippen LogP contribution in [0.15, 0.2) is 52.9 Å². The van der Waals surface area contributed by atoms with Crippen LogP contribution >= 0.6 is 0 Å². The van der Waals surface area contributed by atoms with Gasteiger partial charge in [0.2, 0.25) is 5.91 Å². The van der Waals surface area contributed by atoms with Crippen molar-refractivity contribution in [1.29, 1.82) is 0 Å². The lowest BCUT2D eigenvalue weighted by Gasteiger charge is -2.17. The number of hydrogen-bond acceptors (Lipinski definition) is 4. The Morgan fingerprint density at radius 2 is 2.03 bits per heavy atom. The van der Waals surface area contributed by atoms with Crippen LogP contribution in [0, 0.1) is 12.8 Å². The van der Waals surface area contributed by atoms with Crippen LogP contribution < -0.4 is 10.1 Å². The molecule has 2 aliphatic heterocycles. The SMILES string of the molecule is Cc1oc2ccc(OCc3ccccc3)cc2c1C(=O)N1C[C@@H]2CC(=O)N[C@@H]2C1.